The minimum atomic E-state index is -0.492. The molecule has 0 spiro atoms. The number of hydrogen-bond acceptors (Lipinski definition) is 5. The Labute approximate surface area is 199 Å². The van der Waals surface area contributed by atoms with Crippen LogP contribution >= 0.6 is 23.2 Å². The van der Waals surface area contributed by atoms with Crippen LogP contribution in [0.2, 0.25) is 10.0 Å². The van der Waals surface area contributed by atoms with E-state index in [1.807, 2.05) is 6.92 Å². The zero-order valence-corrected chi connectivity index (χ0v) is 19.2. The molecule has 0 saturated carbocycles. The second kappa shape index (κ2) is 9.64. The number of amides is 1. The molecule has 0 saturated heterocycles. The van der Waals surface area contributed by atoms with E-state index in [2.05, 4.69) is 15.6 Å². The van der Waals surface area contributed by atoms with Crippen LogP contribution in [0.5, 0.6) is 5.75 Å². The van der Waals surface area contributed by atoms with Gasteiger partial charge in [0.15, 0.2) is 11.5 Å². The zero-order valence-electron chi connectivity index (χ0n) is 17.7. The summed E-state index contributed by atoms with van der Waals surface area (Å²) >= 11 is 12.2. The van der Waals surface area contributed by atoms with Gasteiger partial charge in [-0.05, 0) is 43.7 Å². The standard InChI is InChI=1S/C23H19Cl2FN4O3/c1-13-9-21(28-30(13)11-15-7-8-16(26)10-19(15)25)27-23(31)22-17(14(2)33-29-22)12-32-20-6-4-3-5-18(20)24/h3-10H,11-12H2,1-2H3,(H,27,28,31). The molecule has 10 heteroatoms. The van der Waals surface area contributed by atoms with Gasteiger partial charge < -0.3 is 14.6 Å². The number of ether oxygens (including phenoxy) is 1. The molecular weight excluding hydrogens is 470 g/mol. The van der Waals surface area contributed by atoms with Crippen LogP contribution in [0.1, 0.15) is 33.1 Å². The summed E-state index contributed by atoms with van der Waals surface area (Å²) < 4.78 is 25.9. The Morgan fingerprint density at radius 2 is 1.94 bits per heavy atom. The van der Waals surface area contributed by atoms with Crippen LogP contribution in [0.25, 0.3) is 0 Å². The number of rotatable bonds is 7. The number of para-hydroxylation sites is 1. The van der Waals surface area contributed by atoms with Crippen molar-refractivity contribution in [3.8, 4) is 5.75 Å². The fraction of sp³-hybridized carbons (Fsp3) is 0.174. The van der Waals surface area contributed by atoms with Crippen molar-refractivity contribution in [3.05, 3.63) is 92.7 Å². The number of carbonyl (C=O) groups excluding carboxylic acids is 1. The van der Waals surface area contributed by atoms with Gasteiger partial charge in [-0.15, -0.1) is 0 Å². The Bertz CT molecular complexity index is 1320. The molecule has 0 bridgehead atoms. The maximum Gasteiger partial charge on any atom is 0.279 e. The van der Waals surface area contributed by atoms with Crippen molar-refractivity contribution in [2.75, 3.05) is 5.32 Å². The van der Waals surface area contributed by atoms with Crippen molar-refractivity contribution in [1.82, 2.24) is 14.9 Å². The van der Waals surface area contributed by atoms with Gasteiger partial charge in [0.2, 0.25) is 0 Å². The summed E-state index contributed by atoms with van der Waals surface area (Å²) in [6, 6.07) is 12.9. The van der Waals surface area contributed by atoms with Gasteiger partial charge in [-0.25, -0.2) is 4.39 Å². The molecule has 0 aliphatic carbocycles. The minimum Gasteiger partial charge on any atom is -0.487 e. The first-order valence-corrected chi connectivity index (χ1v) is 10.7. The summed E-state index contributed by atoms with van der Waals surface area (Å²) in [5, 5.41) is 11.8. The molecule has 2 aromatic heterocycles. The Kier molecular flexibility index (Phi) is 6.67. The highest BCUT2D eigenvalue weighted by molar-refractivity contribution is 6.32. The number of nitrogens with zero attached hydrogens (tertiary/aromatic N) is 3. The lowest BCUT2D eigenvalue weighted by atomic mass is 10.2. The number of carbonyl (C=O) groups is 1. The molecule has 2 aromatic carbocycles. The summed E-state index contributed by atoms with van der Waals surface area (Å²) in [7, 11) is 0. The molecule has 4 rings (SSSR count). The third-order valence-electron chi connectivity index (χ3n) is 4.97. The fourth-order valence-corrected chi connectivity index (χ4v) is 3.59. The Morgan fingerprint density at radius 1 is 1.15 bits per heavy atom. The van der Waals surface area contributed by atoms with Gasteiger partial charge in [-0.3, -0.25) is 9.48 Å². The number of nitrogens with one attached hydrogen (secondary N) is 1. The highest BCUT2D eigenvalue weighted by atomic mass is 35.5. The van der Waals surface area contributed by atoms with Gasteiger partial charge in [-0.1, -0.05) is 46.6 Å². The number of benzene rings is 2. The normalized spacial score (nSPS) is 10.9. The van der Waals surface area contributed by atoms with Gasteiger partial charge in [0, 0.05) is 16.8 Å². The molecule has 1 amide bonds. The molecule has 0 atom stereocenters. The van der Waals surface area contributed by atoms with E-state index < -0.39 is 11.7 Å². The molecule has 170 valence electrons. The Morgan fingerprint density at radius 3 is 2.70 bits per heavy atom. The molecule has 1 N–H and O–H groups in total. The fourth-order valence-electron chi connectivity index (χ4n) is 3.17. The summed E-state index contributed by atoms with van der Waals surface area (Å²) in [6.45, 7) is 3.91. The third kappa shape index (κ3) is 5.18. The first-order valence-electron chi connectivity index (χ1n) is 9.94. The summed E-state index contributed by atoms with van der Waals surface area (Å²) in [6.07, 6.45) is 0. The second-order valence-corrected chi connectivity index (χ2v) is 8.12. The average Bonchev–Trinajstić information content (AvgIpc) is 3.31. The highest BCUT2D eigenvalue weighted by Crippen LogP contribution is 2.26. The maximum atomic E-state index is 13.3. The number of anilines is 1. The first-order chi connectivity index (χ1) is 15.8. The van der Waals surface area contributed by atoms with Crippen LogP contribution in [0.3, 0.4) is 0 Å². The molecule has 33 heavy (non-hydrogen) atoms. The summed E-state index contributed by atoms with van der Waals surface area (Å²) in [5.74, 6) is 0.370. The molecule has 7 nitrogen and oxygen atoms in total. The number of aromatic nitrogens is 3. The lowest BCUT2D eigenvalue weighted by Crippen LogP contribution is -2.16. The molecule has 0 fully saturated rings. The minimum absolute atomic E-state index is 0.0539. The number of halogens is 3. The Hall–Kier alpha value is -3.36. The van der Waals surface area contributed by atoms with E-state index in [0.717, 1.165) is 5.69 Å². The number of hydrogen-bond donors (Lipinski definition) is 1. The van der Waals surface area contributed by atoms with E-state index >= 15 is 0 Å². The zero-order chi connectivity index (χ0) is 23.5. The maximum absolute atomic E-state index is 13.3. The van der Waals surface area contributed by atoms with Gasteiger partial charge >= 0.3 is 0 Å². The topological polar surface area (TPSA) is 82.2 Å². The van der Waals surface area contributed by atoms with Crippen LogP contribution in [0.15, 0.2) is 53.1 Å². The van der Waals surface area contributed by atoms with Crippen LogP contribution in [0, 0.1) is 19.7 Å². The van der Waals surface area contributed by atoms with Crippen molar-refractivity contribution in [2.45, 2.75) is 27.0 Å². The average molecular weight is 489 g/mol. The van der Waals surface area contributed by atoms with Crippen molar-refractivity contribution < 1.29 is 18.4 Å². The van der Waals surface area contributed by atoms with E-state index in [0.29, 0.717) is 45.0 Å². The van der Waals surface area contributed by atoms with Gasteiger partial charge in [0.05, 0.1) is 17.1 Å². The van der Waals surface area contributed by atoms with Crippen molar-refractivity contribution in [3.63, 3.8) is 0 Å². The molecule has 4 aromatic rings. The number of aryl methyl sites for hydroxylation is 2. The van der Waals surface area contributed by atoms with Gasteiger partial charge in [0.1, 0.15) is 23.9 Å². The van der Waals surface area contributed by atoms with Crippen LogP contribution in [-0.2, 0) is 13.2 Å². The second-order valence-electron chi connectivity index (χ2n) is 7.30. The largest absolute Gasteiger partial charge is 0.487 e. The van der Waals surface area contributed by atoms with Crippen LogP contribution < -0.4 is 10.1 Å². The molecule has 2 heterocycles. The Balaban J connectivity index is 1.48. The quantitative estimate of drug-likeness (QED) is 0.354. The molecule has 0 aliphatic heterocycles. The van der Waals surface area contributed by atoms with E-state index in [1.165, 1.54) is 12.1 Å². The van der Waals surface area contributed by atoms with Crippen molar-refractivity contribution >= 4 is 34.9 Å². The summed E-state index contributed by atoms with van der Waals surface area (Å²) in [5.41, 5.74) is 2.08. The smallest absolute Gasteiger partial charge is 0.279 e. The van der Waals surface area contributed by atoms with Gasteiger partial charge in [-0.2, -0.15) is 5.10 Å². The van der Waals surface area contributed by atoms with E-state index in [9.17, 15) is 9.18 Å². The molecule has 0 unspecified atom stereocenters. The SMILES string of the molecule is Cc1onc(C(=O)Nc2cc(C)n(Cc3ccc(F)cc3Cl)n2)c1COc1ccccc1Cl. The summed E-state index contributed by atoms with van der Waals surface area (Å²) in [4.78, 5) is 12.9. The van der Waals surface area contributed by atoms with E-state index in [4.69, 9.17) is 32.5 Å². The van der Waals surface area contributed by atoms with Gasteiger partial charge in [0.25, 0.3) is 5.91 Å². The first kappa shape index (κ1) is 22.8. The predicted molar refractivity (Wildman–Crippen MR) is 122 cm³/mol. The van der Waals surface area contributed by atoms with Crippen molar-refractivity contribution in [1.29, 1.82) is 0 Å². The van der Waals surface area contributed by atoms with Crippen LogP contribution in [0.4, 0.5) is 10.2 Å². The molecule has 0 aliphatic rings. The molecule has 0 radical (unpaired) electrons. The third-order valence-corrected chi connectivity index (χ3v) is 5.63. The van der Waals surface area contributed by atoms with Crippen molar-refractivity contribution in [2.24, 2.45) is 0 Å². The lowest BCUT2D eigenvalue weighted by molar-refractivity contribution is 0.101. The van der Waals surface area contributed by atoms with E-state index in [-0.39, 0.29) is 12.3 Å². The van der Waals surface area contributed by atoms with E-state index in [1.54, 1.807) is 48.0 Å². The lowest BCUT2D eigenvalue weighted by Gasteiger charge is -2.08. The molecular formula is C23H19Cl2FN4O3. The predicted octanol–water partition coefficient (Wildman–Crippen LogP) is 5.81. The van der Waals surface area contributed by atoms with Crippen LogP contribution in [-0.4, -0.2) is 20.8 Å². The monoisotopic (exact) mass is 488 g/mol. The highest BCUT2D eigenvalue weighted by Gasteiger charge is 2.22.